The molecule has 1 saturated carbocycles. The van der Waals surface area contributed by atoms with E-state index in [0.717, 1.165) is 12.8 Å². The molecule has 1 fully saturated rings. The average molecular weight is 154 g/mol. The van der Waals surface area contributed by atoms with Crippen LogP contribution in [0.2, 0.25) is 0 Å². The predicted molar refractivity (Wildman–Crippen MR) is 48.6 cm³/mol. The summed E-state index contributed by atoms with van der Waals surface area (Å²) in [5, 5.41) is 3.81. The summed E-state index contributed by atoms with van der Waals surface area (Å²) < 4.78 is 0. The van der Waals surface area contributed by atoms with Crippen molar-refractivity contribution >= 4 is 5.71 Å². The Morgan fingerprint density at radius 2 is 1.27 bits per heavy atom. The second kappa shape index (κ2) is 5.16. The van der Waals surface area contributed by atoms with Crippen LogP contribution in [0, 0.1) is 0 Å². The maximum atomic E-state index is 5.26. The summed E-state index contributed by atoms with van der Waals surface area (Å²) in [5.41, 5.74) is 1.23. The quantitative estimate of drug-likeness (QED) is 0.422. The lowest BCUT2D eigenvalue weighted by Crippen LogP contribution is -2.01. The molecular formula is C9H18N2. The van der Waals surface area contributed by atoms with Crippen molar-refractivity contribution in [2.75, 3.05) is 0 Å². The topological polar surface area (TPSA) is 38.4 Å². The molecule has 1 aliphatic carbocycles. The third-order valence-electron chi connectivity index (χ3n) is 2.36. The molecule has 0 unspecified atom stereocenters. The Kier molecular flexibility index (Phi) is 4.02. The Balaban J connectivity index is 2.31. The van der Waals surface area contributed by atoms with Gasteiger partial charge in [0.25, 0.3) is 0 Å². The van der Waals surface area contributed by atoms with Gasteiger partial charge >= 0.3 is 0 Å². The van der Waals surface area contributed by atoms with Gasteiger partial charge in [0.05, 0.1) is 0 Å². The predicted octanol–water partition coefficient (Wildman–Crippen LogP) is 2.44. The van der Waals surface area contributed by atoms with Gasteiger partial charge in [-0.05, 0) is 25.7 Å². The van der Waals surface area contributed by atoms with Gasteiger partial charge in [-0.2, -0.15) is 5.10 Å². The van der Waals surface area contributed by atoms with Gasteiger partial charge in [0.15, 0.2) is 0 Å². The fraction of sp³-hybridized carbons (Fsp3) is 0.889. The van der Waals surface area contributed by atoms with Crippen molar-refractivity contribution in [3.63, 3.8) is 0 Å². The van der Waals surface area contributed by atoms with Crippen LogP contribution in [0.1, 0.15) is 51.4 Å². The molecule has 0 heterocycles. The molecular weight excluding hydrogens is 136 g/mol. The minimum atomic E-state index is 1.14. The minimum Gasteiger partial charge on any atom is -0.323 e. The number of nitrogens with two attached hydrogens (primary N) is 1. The van der Waals surface area contributed by atoms with E-state index in [1.54, 1.807) is 0 Å². The fourth-order valence-electron chi connectivity index (χ4n) is 1.62. The van der Waals surface area contributed by atoms with Gasteiger partial charge in [-0.25, -0.2) is 0 Å². The monoisotopic (exact) mass is 154 g/mol. The molecule has 0 atom stereocenters. The SMILES string of the molecule is NN=C1CCCCCCCC1. The molecule has 0 saturated heterocycles. The van der Waals surface area contributed by atoms with Gasteiger partial charge in [0.2, 0.25) is 0 Å². The second-order valence-corrected chi connectivity index (χ2v) is 3.32. The standard InChI is InChI=1S/C9H18N2/c10-11-9-7-5-3-1-2-4-6-8-9/h1-8,10H2. The summed E-state index contributed by atoms with van der Waals surface area (Å²) in [5.74, 6) is 5.26. The molecule has 11 heavy (non-hydrogen) atoms. The average Bonchev–Trinajstić information content (AvgIpc) is 2.16. The van der Waals surface area contributed by atoms with Gasteiger partial charge in [0, 0.05) is 5.71 Å². The summed E-state index contributed by atoms with van der Waals surface area (Å²) in [4.78, 5) is 0. The van der Waals surface area contributed by atoms with Crippen LogP contribution in [0.3, 0.4) is 0 Å². The van der Waals surface area contributed by atoms with E-state index in [9.17, 15) is 0 Å². The molecule has 0 bridgehead atoms. The summed E-state index contributed by atoms with van der Waals surface area (Å²) in [6.07, 6.45) is 10.4. The van der Waals surface area contributed by atoms with Crippen LogP contribution in [0.5, 0.6) is 0 Å². The Morgan fingerprint density at radius 3 is 1.73 bits per heavy atom. The lowest BCUT2D eigenvalue weighted by Gasteiger charge is -2.00. The van der Waals surface area contributed by atoms with Gasteiger partial charge < -0.3 is 5.84 Å². The molecule has 64 valence electrons. The first-order valence-electron chi connectivity index (χ1n) is 4.69. The first-order valence-corrected chi connectivity index (χ1v) is 4.69. The van der Waals surface area contributed by atoms with Crippen LogP contribution in [-0.2, 0) is 0 Å². The zero-order chi connectivity index (χ0) is 7.94. The summed E-state index contributed by atoms with van der Waals surface area (Å²) in [6.45, 7) is 0. The van der Waals surface area contributed by atoms with Crippen LogP contribution in [0.15, 0.2) is 5.10 Å². The van der Waals surface area contributed by atoms with E-state index in [1.807, 2.05) is 0 Å². The number of hydrogen-bond donors (Lipinski definition) is 1. The highest BCUT2D eigenvalue weighted by atomic mass is 15.1. The van der Waals surface area contributed by atoms with E-state index in [-0.39, 0.29) is 0 Å². The first kappa shape index (κ1) is 8.57. The minimum absolute atomic E-state index is 1.14. The summed E-state index contributed by atoms with van der Waals surface area (Å²) in [7, 11) is 0. The zero-order valence-corrected chi connectivity index (χ0v) is 7.18. The molecule has 0 aromatic rings. The van der Waals surface area contributed by atoms with Gasteiger partial charge in [-0.1, -0.05) is 25.7 Å². The highest BCUT2D eigenvalue weighted by Gasteiger charge is 2.02. The molecule has 0 aromatic carbocycles. The van der Waals surface area contributed by atoms with Crippen LogP contribution < -0.4 is 5.84 Å². The largest absolute Gasteiger partial charge is 0.323 e. The van der Waals surface area contributed by atoms with E-state index < -0.39 is 0 Å². The lowest BCUT2D eigenvalue weighted by molar-refractivity contribution is 0.624. The molecule has 1 aliphatic rings. The second-order valence-electron chi connectivity index (χ2n) is 3.32. The smallest absolute Gasteiger partial charge is 0.0375 e. The number of rotatable bonds is 0. The van der Waals surface area contributed by atoms with E-state index >= 15 is 0 Å². The van der Waals surface area contributed by atoms with Crippen molar-refractivity contribution < 1.29 is 0 Å². The first-order chi connectivity index (χ1) is 5.43. The van der Waals surface area contributed by atoms with E-state index in [2.05, 4.69) is 5.10 Å². The maximum Gasteiger partial charge on any atom is 0.0375 e. The molecule has 2 N–H and O–H groups in total. The highest BCUT2D eigenvalue weighted by molar-refractivity contribution is 5.84. The van der Waals surface area contributed by atoms with E-state index in [0.29, 0.717) is 0 Å². The molecule has 0 aliphatic heterocycles. The molecule has 1 rings (SSSR count). The molecule has 0 amide bonds. The van der Waals surface area contributed by atoms with Crippen molar-refractivity contribution in [1.29, 1.82) is 0 Å². The van der Waals surface area contributed by atoms with Crippen molar-refractivity contribution in [1.82, 2.24) is 0 Å². The Hall–Kier alpha value is -0.530. The van der Waals surface area contributed by atoms with Crippen molar-refractivity contribution in [3.8, 4) is 0 Å². The van der Waals surface area contributed by atoms with Crippen LogP contribution in [-0.4, -0.2) is 5.71 Å². The number of hydrogen-bond acceptors (Lipinski definition) is 2. The molecule has 2 heteroatoms. The summed E-state index contributed by atoms with van der Waals surface area (Å²) in [6, 6.07) is 0. The lowest BCUT2D eigenvalue weighted by atomic mass is 10.1. The van der Waals surface area contributed by atoms with Crippen LogP contribution >= 0.6 is 0 Å². The van der Waals surface area contributed by atoms with Crippen LogP contribution in [0.4, 0.5) is 0 Å². The third-order valence-corrected chi connectivity index (χ3v) is 2.36. The normalized spacial score (nSPS) is 21.6. The Morgan fingerprint density at radius 1 is 0.818 bits per heavy atom. The van der Waals surface area contributed by atoms with E-state index in [4.69, 9.17) is 5.84 Å². The van der Waals surface area contributed by atoms with Gasteiger partial charge in [-0.3, -0.25) is 0 Å². The zero-order valence-electron chi connectivity index (χ0n) is 7.18. The molecule has 0 radical (unpaired) electrons. The Bertz CT molecular complexity index is 118. The Labute approximate surface area is 68.9 Å². The van der Waals surface area contributed by atoms with Gasteiger partial charge in [0.1, 0.15) is 0 Å². The van der Waals surface area contributed by atoms with Crippen molar-refractivity contribution in [3.05, 3.63) is 0 Å². The molecule has 0 aromatic heterocycles. The van der Waals surface area contributed by atoms with Crippen molar-refractivity contribution in [2.45, 2.75) is 51.4 Å². The van der Waals surface area contributed by atoms with Crippen molar-refractivity contribution in [2.24, 2.45) is 10.9 Å². The van der Waals surface area contributed by atoms with E-state index in [1.165, 1.54) is 44.2 Å². The highest BCUT2D eigenvalue weighted by Crippen LogP contribution is 2.14. The fourth-order valence-corrected chi connectivity index (χ4v) is 1.62. The van der Waals surface area contributed by atoms with Crippen LogP contribution in [0.25, 0.3) is 0 Å². The molecule has 2 nitrogen and oxygen atoms in total. The molecule has 0 spiro atoms. The third kappa shape index (κ3) is 3.40. The number of hydrazone groups is 1. The maximum absolute atomic E-state index is 5.26. The van der Waals surface area contributed by atoms with Gasteiger partial charge in [-0.15, -0.1) is 0 Å². The number of nitrogens with zero attached hydrogens (tertiary/aromatic N) is 1. The summed E-state index contributed by atoms with van der Waals surface area (Å²) >= 11 is 0.